The lowest BCUT2D eigenvalue weighted by atomic mass is 9.88. The van der Waals surface area contributed by atoms with Crippen LogP contribution in [0.3, 0.4) is 0 Å². The molecule has 1 aliphatic rings. The van der Waals surface area contributed by atoms with Gasteiger partial charge < -0.3 is 10.3 Å². The standard InChI is InChI=1S/C18H25N5O/c1-22-13-11-21-16(22)14-23-12-5-9-18(23,17(19)24)8-4-7-15-6-2-3-10-20-15/h2-3,6,10-11,13H,4-5,7-9,12,14H2,1H3,(H2,19,24). The highest BCUT2D eigenvalue weighted by atomic mass is 16.1. The van der Waals surface area contributed by atoms with Crippen LogP contribution in [-0.2, 0) is 24.8 Å². The zero-order valence-corrected chi connectivity index (χ0v) is 14.2. The normalized spacial score (nSPS) is 21.2. The molecule has 128 valence electrons. The number of aromatic nitrogens is 3. The Morgan fingerprint density at radius 1 is 1.33 bits per heavy atom. The molecule has 0 aliphatic carbocycles. The number of primary amides is 1. The van der Waals surface area contributed by atoms with Gasteiger partial charge in [-0.05, 0) is 50.8 Å². The van der Waals surface area contributed by atoms with E-state index in [9.17, 15) is 4.79 Å². The lowest BCUT2D eigenvalue weighted by molar-refractivity contribution is -0.129. The summed E-state index contributed by atoms with van der Waals surface area (Å²) in [5, 5.41) is 0. The number of pyridine rings is 1. The summed E-state index contributed by atoms with van der Waals surface area (Å²) in [5.74, 6) is 0.752. The summed E-state index contributed by atoms with van der Waals surface area (Å²) in [4.78, 5) is 23.3. The van der Waals surface area contributed by atoms with Gasteiger partial charge in [-0.1, -0.05) is 6.07 Å². The van der Waals surface area contributed by atoms with E-state index in [1.165, 1.54) is 0 Å². The fourth-order valence-corrected chi connectivity index (χ4v) is 3.68. The topological polar surface area (TPSA) is 77.0 Å². The van der Waals surface area contributed by atoms with Crippen molar-refractivity contribution in [2.45, 2.75) is 44.2 Å². The highest BCUT2D eigenvalue weighted by molar-refractivity contribution is 5.85. The third-order valence-electron chi connectivity index (χ3n) is 5.09. The zero-order chi connectivity index (χ0) is 17.0. The molecule has 3 rings (SSSR count). The number of aryl methyl sites for hydroxylation is 2. The fraction of sp³-hybridized carbons (Fsp3) is 0.500. The van der Waals surface area contributed by atoms with Gasteiger partial charge in [-0.3, -0.25) is 14.7 Å². The molecule has 3 heterocycles. The Morgan fingerprint density at radius 3 is 2.88 bits per heavy atom. The van der Waals surface area contributed by atoms with Crippen LogP contribution >= 0.6 is 0 Å². The first-order valence-electron chi connectivity index (χ1n) is 8.53. The van der Waals surface area contributed by atoms with Gasteiger partial charge >= 0.3 is 0 Å². The van der Waals surface area contributed by atoms with Crippen LogP contribution < -0.4 is 5.73 Å². The van der Waals surface area contributed by atoms with Gasteiger partial charge in [0, 0.05) is 31.3 Å². The maximum absolute atomic E-state index is 12.3. The molecular weight excluding hydrogens is 302 g/mol. The number of amides is 1. The van der Waals surface area contributed by atoms with E-state index in [1.54, 1.807) is 6.20 Å². The van der Waals surface area contributed by atoms with E-state index in [2.05, 4.69) is 14.9 Å². The molecular formula is C18H25N5O. The van der Waals surface area contributed by atoms with Gasteiger partial charge in [0.25, 0.3) is 0 Å². The van der Waals surface area contributed by atoms with E-state index < -0.39 is 5.54 Å². The SMILES string of the molecule is Cn1ccnc1CN1CCCC1(CCCc1ccccn1)C(N)=O. The highest BCUT2D eigenvalue weighted by Gasteiger charge is 2.45. The minimum atomic E-state index is -0.555. The Morgan fingerprint density at radius 2 is 2.21 bits per heavy atom. The van der Waals surface area contributed by atoms with Gasteiger partial charge in [0.15, 0.2) is 0 Å². The molecule has 0 spiro atoms. The van der Waals surface area contributed by atoms with Crippen molar-refractivity contribution in [3.05, 3.63) is 48.3 Å². The van der Waals surface area contributed by atoms with E-state index >= 15 is 0 Å². The third-order valence-corrected chi connectivity index (χ3v) is 5.09. The number of nitrogens with zero attached hydrogens (tertiary/aromatic N) is 4. The number of likely N-dealkylation sites (tertiary alicyclic amines) is 1. The predicted molar refractivity (Wildman–Crippen MR) is 92.0 cm³/mol. The van der Waals surface area contributed by atoms with Crippen LogP contribution in [0.25, 0.3) is 0 Å². The van der Waals surface area contributed by atoms with Gasteiger partial charge in [-0.2, -0.15) is 0 Å². The number of hydrogen-bond donors (Lipinski definition) is 1. The van der Waals surface area contributed by atoms with E-state index in [0.29, 0.717) is 6.54 Å². The van der Waals surface area contributed by atoms with Crippen LogP contribution in [0.2, 0.25) is 0 Å². The zero-order valence-electron chi connectivity index (χ0n) is 14.2. The van der Waals surface area contributed by atoms with Gasteiger partial charge in [-0.25, -0.2) is 4.98 Å². The minimum absolute atomic E-state index is 0.213. The molecule has 1 saturated heterocycles. The van der Waals surface area contributed by atoms with Gasteiger partial charge in [0.2, 0.25) is 5.91 Å². The van der Waals surface area contributed by atoms with Crippen molar-refractivity contribution < 1.29 is 4.79 Å². The lowest BCUT2D eigenvalue weighted by Crippen LogP contribution is -2.53. The maximum atomic E-state index is 12.3. The van der Waals surface area contributed by atoms with Crippen LogP contribution in [0.4, 0.5) is 0 Å². The molecule has 6 heteroatoms. The van der Waals surface area contributed by atoms with Crippen molar-refractivity contribution in [1.82, 2.24) is 19.4 Å². The average molecular weight is 327 g/mol. The monoisotopic (exact) mass is 327 g/mol. The molecule has 2 N–H and O–H groups in total. The number of carbonyl (C=O) groups is 1. The predicted octanol–water partition coefficient (Wildman–Crippen LogP) is 1.66. The lowest BCUT2D eigenvalue weighted by Gasteiger charge is -2.35. The van der Waals surface area contributed by atoms with Crippen molar-refractivity contribution in [1.29, 1.82) is 0 Å². The minimum Gasteiger partial charge on any atom is -0.368 e. The molecule has 1 fully saturated rings. The molecule has 0 saturated carbocycles. The number of rotatable bonds is 7. The number of imidazole rings is 1. The highest BCUT2D eigenvalue weighted by Crippen LogP contribution is 2.35. The summed E-state index contributed by atoms with van der Waals surface area (Å²) in [7, 11) is 1.98. The summed E-state index contributed by atoms with van der Waals surface area (Å²) < 4.78 is 2.00. The molecule has 6 nitrogen and oxygen atoms in total. The van der Waals surface area contributed by atoms with Crippen molar-refractivity contribution in [2.75, 3.05) is 6.54 Å². The summed E-state index contributed by atoms with van der Waals surface area (Å²) in [6, 6.07) is 5.94. The largest absolute Gasteiger partial charge is 0.368 e. The molecule has 1 atom stereocenters. The molecule has 24 heavy (non-hydrogen) atoms. The van der Waals surface area contributed by atoms with Crippen molar-refractivity contribution in [2.24, 2.45) is 12.8 Å². The average Bonchev–Trinajstić information content (AvgIpc) is 3.17. The van der Waals surface area contributed by atoms with Gasteiger partial charge in [0.05, 0.1) is 6.54 Å². The Kier molecular flexibility index (Phi) is 4.94. The smallest absolute Gasteiger partial charge is 0.237 e. The number of nitrogens with two attached hydrogens (primary N) is 1. The van der Waals surface area contributed by atoms with Gasteiger partial charge in [-0.15, -0.1) is 0 Å². The van der Waals surface area contributed by atoms with Crippen LogP contribution in [-0.4, -0.2) is 37.4 Å². The first-order valence-corrected chi connectivity index (χ1v) is 8.53. The number of carbonyl (C=O) groups excluding carboxylic acids is 1. The van der Waals surface area contributed by atoms with Crippen molar-refractivity contribution in [3.8, 4) is 0 Å². The van der Waals surface area contributed by atoms with E-state index in [-0.39, 0.29) is 5.91 Å². The van der Waals surface area contributed by atoms with Gasteiger partial charge in [0.1, 0.15) is 11.4 Å². The molecule has 0 radical (unpaired) electrons. The van der Waals surface area contributed by atoms with E-state index in [4.69, 9.17) is 5.73 Å². The summed E-state index contributed by atoms with van der Waals surface area (Å²) in [6.07, 6.45) is 9.89. The molecule has 2 aromatic rings. The molecule has 0 bridgehead atoms. The Bertz CT molecular complexity index is 684. The Hall–Kier alpha value is -2.21. The second-order valence-electron chi connectivity index (χ2n) is 6.55. The molecule has 2 aromatic heterocycles. The van der Waals surface area contributed by atoms with Crippen LogP contribution in [0, 0.1) is 0 Å². The first-order chi connectivity index (χ1) is 11.6. The Labute approximate surface area is 142 Å². The Balaban J connectivity index is 1.69. The van der Waals surface area contributed by atoms with Crippen LogP contribution in [0.1, 0.15) is 37.2 Å². The quantitative estimate of drug-likeness (QED) is 0.839. The van der Waals surface area contributed by atoms with Crippen LogP contribution in [0.5, 0.6) is 0 Å². The molecule has 1 aliphatic heterocycles. The molecule has 1 unspecified atom stereocenters. The molecule has 1 amide bonds. The second-order valence-corrected chi connectivity index (χ2v) is 6.55. The maximum Gasteiger partial charge on any atom is 0.237 e. The van der Waals surface area contributed by atoms with Crippen LogP contribution in [0.15, 0.2) is 36.8 Å². The van der Waals surface area contributed by atoms with E-state index in [1.807, 2.05) is 42.2 Å². The van der Waals surface area contributed by atoms with E-state index in [0.717, 1.165) is 50.2 Å². The molecule has 0 aromatic carbocycles. The second kappa shape index (κ2) is 7.13. The number of hydrogen-bond acceptors (Lipinski definition) is 4. The summed E-state index contributed by atoms with van der Waals surface area (Å²) >= 11 is 0. The van der Waals surface area contributed by atoms with Crippen molar-refractivity contribution >= 4 is 5.91 Å². The van der Waals surface area contributed by atoms with Crippen molar-refractivity contribution in [3.63, 3.8) is 0 Å². The summed E-state index contributed by atoms with van der Waals surface area (Å²) in [5.41, 5.74) is 6.35. The third kappa shape index (κ3) is 3.33. The summed E-state index contributed by atoms with van der Waals surface area (Å²) in [6.45, 7) is 1.55. The fourth-order valence-electron chi connectivity index (χ4n) is 3.68. The first kappa shape index (κ1) is 16.6.